The first kappa shape index (κ1) is 16.3. The molecule has 1 saturated carbocycles. The van der Waals surface area contributed by atoms with Crippen LogP contribution in [0.4, 0.5) is 4.39 Å². The lowest BCUT2D eigenvalue weighted by Gasteiger charge is -2.26. The molecular weight excluding hydrogens is 289 g/mol. The smallest absolute Gasteiger partial charge is 0.306 e. The first-order valence-corrected chi connectivity index (χ1v) is 8.59. The third-order valence-electron chi connectivity index (χ3n) is 3.97. The Morgan fingerprint density at radius 1 is 1.29 bits per heavy atom. The summed E-state index contributed by atoms with van der Waals surface area (Å²) in [5.74, 6) is 0.685. The number of hydrogen-bond acceptors (Lipinski definition) is 3. The summed E-state index contributed by atoms with van der Waals surface area (Å²) in [6, 6.07) is 7.32. The van der Waals surface area contributed by atoms with Gasteiger partial charge >= 0.3 is 5.97 Å². The number of carbonyl (C=O) groups is 1. The summed E-state index contributed by atoms with van der Waals surface area (Å²) in [4.78, 5) is 10.9. The van der Waals surface area contributed by atoms with E-state index in [0.29, 0.717) is 11.8 Å². The lowest BCUT2D eigenvalue weighted by molar-refractivity contribution is -0.142. The van der Waals surface area contributed by atoms with Crippen LogP contribution in [0.1, 0.15) is 31.2 Å². The van der Waals surface area contributed by atoms with Gasteiger partial charge in [-0.3, -0.25) is 4.79 Å². The molecule has 5 heteroatoms. The van der Waals surface area contributed by atoms with Crippen LogP contribution < -0.4 is 5.32 Å². The Kier molecular flexibility index (Phi) is 6.51. The van der Waals surface area contributed by atoms with Crippen molar-refractivity contribution >= 4 is 17.7 Å². The number of nitrogens with one attached hydrogen (secondary N) is 1. The van der Waals surface area contributed by atoms with Crippen LogP contribution in [-0.4, -0.2) is 29.4 Å². The monoisotopic (exact) mass is 311 g/mol. The molecule has 0 radical (unpaired) electrons. The van der Waals surface area contributed by atoms with Gasteiger partial charge in [0.1, 0.15) is 5.82 Å². The molecule has 0 bridgehead atoms. The number of hydrogen-bond donors (Lipinski definition) is 2. The summed E-state index contributed by atoms with van der Waals surface area (Å²) in [6.07, 6.45) is 3.43. The van der Waals surface area contributed by atoms with E-state index in [1.807, 2.05) is 12.1 Å². The maximum atomic E-state index is 13.4. The van der Waals surface area contributed by atoms with Gasteiger partial charge in [-0.1, -0.05) is 18.2 Å². The first-order chi connectivity index (χ1) is 10.2. The second-order valence-corrected chi connectivity index (χ2v) is 6.59. The third kappa shape index (κ3) is 5.32. The second kappa shape index (κ2) is 8.39. The van der Waals surface area contributed by atoms with E-state index in [0.717, 1.165) is 43.5 Å². The van der Waals surface area contributed by atoms with Crippen molar-refractivity contribution in [1.29, 1.82) is 0 Å². The maximum Gasteiger partial charge on any atom is 0.306 e. The van der Waals surface area contributed by atoms with Crippen LogP contribution in [0.5, 0.6) is 0 Å². The molecule has 1 aromatic rings. The predicted octanol–water partition coefficient (Wildman–Crippen LogP) is 3.29. The molecule has 0 heterocycles. The summed E-state index contributed by atoms with van der Waals surface area (Å²) in [5, 5.41) is 12.4. The molecule has 21 heavy (non-hydrogen) atoms. The predicted molar refractivity (Wildman–Crippen MR) is 83.9 cm³/mol. The lowest BCUT2D eigenvalue weighted by atomic mass is 9.86. The van der Waals surface area contributed by atoms with E-state index in [-0.39, 0.29) is 11.7 Å². The van der Waals surface area contributed by atoms with Crippen molar-refractivity contribution in [2.24, 2.45) is 5.92 Å². The highest BCUT2D eigenvalue weighted by Crippen LogP contribution is 2.24. The van der Waals surface area contributed by atoms with Gasteiger partial charge in [-0.25, -0.2) is 4.39 Å². The largest absolute Gasteiger partial charge is 0.481 e. The molecule has 2 rings (SSSR count). The van der Waals surface area contributed by atoms with Crippen molar-refractivity contribution in [1.82, 2.24) is 5.32 Å². The van der Waals surface area contributed by atoms with Crippen molar-refractivity contribution in [2.45, 2.75) is 37.5 Å². The highest BCUT2D eigenvalue weighted by Gasteiger charge is 2.25. The number of halogens is 1. The Bertz CT molecular complexity index is 461. The van der Waals surface area contributed by atoms with E-state index in [1.165, 1.54) is 6.07 Å². The minimum atomic E-state index is -0.658. The molecule has 1 aromatic carbocycles. The Labute approximate surface area is 129 Å². The Hall–Kier alpha value is -1.07. The Balaban J connectivity index is 1.57. The molecule has 0 atom stereocenters. The van der Waals surface area contributed by atoms with Gasteiger partial charge in [0.2, 0.25) is 0 Å². The van der Waals surface area contributed by atoms with Crippen molar-refractivity contribution in [2.75, 3.05) is 12.3 Å². The van der Waals surface area contributed by atoms with Gasteiger partial charge in [0.15, 0.2) is 0 Å². The Morgan fingerprint density at radius 3 is 2.67 bits per heavy atom. The van der Waals surface area contributed by atoms with E-state index < -0.39 is 5.97 Å². The Morgan fingerprint density at radius 2 is 2.00 bits per heavy atom. The SMILES string of the molecule is O=C(O)C1CCC(NCCSCc2ccccc2F)CC1. The molecule has 116 valence electrons. The quantitative estimate of drug-likeness (QED) is 0.759. The number of rotatable bonds is 7. The van der Waals surface area contributed by atoms with Gasteiger partial charge in [0.25, 0.3) is 0 Å². The summed E-state index contributed by atoms with van der Waals surface area (Å²) in [7, 11) is 0. The van der Waals surface area contributed by atoms with Gasteiger partial charge in [-0.15, -0.1) is 0 Å². The number of thioether (sulfide) groups is 1. The van der Waals surface area contributed by atoms with Gasteiger partial charge in [0.05, 0.1) is 5.92 Å². The summed E-state index contributed by atoms with van der Waals surface area (Å²) in [5.41, 5.74) is 0.754. The normalized spacial score (nSPS) is 22.1. The van der Waals surface area contributed by atoms with Gasteiger partial charge in [-0.05, 0) is 37.3 Å². The van der Waals surface area contributed by atoms with E-state index in [9.17, 15) is 9.18 Å². The highest BCUT2D eigenvalue weighted by molar-refractivity contribution is 7.98. The number of carboxylic acid groups (broad SMARTS) is 1. The molecule has 1 fully saturated rings. The molecule has 0 aromatic heterocycles. The fraction of sp³-hybridized carbons (Fsp3) is 0.562. The molecule has 0 amide bonds. The standard InChI is InChI=1S/C16H22FNO2S/c17-15-4-2-1-3-13(15)11-21-10-9-18-14-7-5-12(6-8-14)16(19)20/h1-4,12,14,18H,5-11H2,(H,19,20). The lowest BCUT2D eigenvalue weighted by Crippen LogP contribution is -2.36. The third-order valence-corrected chi connectivity index (χ3v) is 4.98. The zero-order chi connectivity index (χ0) is 15.1. The highest BCUT2D eigenvalue weighted by atomic mass is 32.2. The zero-order valence-corrected chi connectivity index (χ0v) is 12.9. The van der Waals surface area contributed by atoms with Gasteiger partial charge in [0, 0.05) is 24.1 Å². The van der Waals surface area contributed by atoms with E-state index in [4.69, 9.17) is 5.11 Å². The van der Waals surface area contributed by atoms with Crippen LogP contribution in [0.25, 0.3) is 0 Å². The molecule has 0 aliphatic heterocycles. The summed E-state index contributed by atoms with van der Waals surface area (Å²) < 4.78 is 13.4. The van der Waals surface area contributed by atoms with Crippen molar-refractivity contribution in [3.8, 4) is 0 Å². The molecular formula is C16H22FNO2S. The van der Waals surface area contributed by atoms with Gasteiger partial charge < -0.3 is 10.4 Å². The van der Waals surface area contributed by atoms with Crippen LogP contribution in [0, 0.1) is 11.7 Å². The molecule has 0 spiro atoms. The second-order valence-electron chi connectivity index (χ2n) is 5.48. The summed E-state index contributed by atoms with van der Waals surface area (Å²) in [6.45, 7) is 0.890. The molecule has 0 unspecified atom stereocenters. The number of aliphatic carboxylic acids is 1. The molecule has 1 aliphatic carbocycles. The van der Waals surface area contributed by atoms with Crippen LogP contribution in [0.3, 0.4) is 0 Å². The molecule has 2 N–H and O–H groups in total. The summed E-state index contributed by atoms with van der Waals surface area (Å²) >= 11 is 1.72. The average Bonchev–Trinajstić information content (AvgIpc) is 2.49. The first-order valence-electron chi connectivity index (χ1n) is 7.44. The molecule has 3 nitrogen and oxygen atoms in total. The molecule has 1 aliphatic rings. The fourth-order valence-electron chi connectivity index (χ4n) is 2.68. The van der Waals surface area contributed by atoms with Crippen LogP contribution in [-0.2, 0) is 10.5 Å². The van der Waals surface area contributed by atoms with E-state index >= 15 is 0 Å². The minimum Gasteiger partial charge on any atom is -0.481 e. The van der Waals surface area contributed by atoms with Gasteiger partial charge in [-0.2, -0.15) is 11.8 Å². The number of carboxylic acids is 1. The van der Waals surface area contributed by atoms with Crippen molar-refractivity contribution in [3.05, 3.63) is 35.6 Å². The van der Waals surface area contributed by atoms with Crippen LogP contribution >= 0.6 is 11.8 Å². The zero-order valence-electron chi connectivity index (χ0n) is 12.1. The van der Waals surface area contributed by atoms with E-state index in [2.05, 4.69) is 5.32 Å². The maximum absolute atomic E-state index is 13.4. The average molecular weight is 311 g/mol. The molecule has 0 saturated heterocycles. The number of benzene rings is 1. The van der Waals surface area contributed by atoms with Crippen LogP contribution in [0.15, 0.2) is 24.3 Å². The van der Waals surface area contributed by atoms with Crippen LogP contribution in [0.2, 0.25) is 0 Å². The van der Waals surface area contributed by atoms with Crippen molar-refractivity contribution in [3.63, 3.8) is 0 Å². The van der Waals surface area contributed by atoms with E-state index in [1.54, 1.807) is 17.8 Å². The minimum absolute atomic E-state index is 0.134. The topological polar surface area (TPSA) is 49.3 Å². The fourth-order valence-corrected chi connectivity index (χ4v) is 3.54. The van der Waals surface area contributed by atoms with Crippen molar-refractivity contribution < 1.29 is 14.3 Å².